The summed E-state index contributed by atoms with van der Waals surface area (Å²) in [5, 5.41) is 4.38. The molecule has 1 aromatic heterocycles. The van der Waals surface area contributed by atoms with E-state index in [2.05, 4.69) is 22.3 Å². The van der Waals surface area contributed by atoms with Crippen molar-refractivity contribution >= 4 is 28.6 Å². The number of rotatable bonds is 4. The SMILES string of the molecule is CC1=CC(F)=CCC1NC(=O)CSc1nc2cc3c(cc2cc1C#CN)OCCO3. The summed E-state index contributed by atoms with van der Waals surface area (Å²) in [6.07, 6.45) is 3.35. The summed E-state index contributed by atoms with van der Waals surface area (Å²) >= 11 is 1.28. The zero-order chi connectivity index (χ0) is 21.1. The van der Waals surface area contributed by atoms with Crippen molar-refractivity contribution in [3.05, 3.63) is 47.3 Å². The Balaban J connectivity index is 1.52. The molecule has 1 atom stereocenters. The molecule has 154 valence electrons. The average molecular weight is 425 g/mol. The van der Waals surface area contributed by atoms with Gasteiger partial charge in [0.1, 0.15) is 24.1 Å². The van der Waals surface area contributed by atoms with Gasteiger partial charge in [-0.3, -0.25) is 4.79 Å². The molecule has 4 rings (SSSR count). The van der Waals surface area contributed by atoms with Crippen LogP contribution < -0.4 is 20.5 Å². The van der Waals surface area contributed by atoms with Gasteiger partial charge in [-0.05, 0) is 49.1 Å². The lowest BCUT2D eigenvalue weighted by molar-refractivity contribution is -0.119. The summed E-state index contributed by atoms with van der Waals surface area (Å²) in [4.78, 5) is 17.1. The van der Waals surface area contributed by atoms with Crippen molar-refractivity contribution < 1.29 is 18.7 Å². The fourth-order valence-corrected chi connectivity index (χ4v) is 4.09. The van der Waals surface area contributed by atoms with Crippen molar-refractivity contribution in [2.75, 3.05) is 19.0 Å². The number of nitrogens with zero attached hydrogens (tertiary/aromatic N) is 1. The van der Waals surface area contributed by atoms with Crippen molar-refractivity contribution in [3.63, 3.8) is 0 Å². The Morgan fingerprint density at radius 2 is 2.10 bits per heavy atom. The van der Waals surface area contributed by atoms with Crippen molar-refractivity contribution in [2.45, 2.75) is 24.4 Å². The fourth-order valence-electron chi connectivity index (χ4n) is 3.31. The molecule has 0 fully saturated rings. The van der Waals surface area contributed by atoms with Crippen LogP contribution in [0.1, 0.15) is 18.9 Å². The largest absolute Gasteiger partial charge is 0.486 e. The van der Waals surface area contributed by atoms with Gasteiger partial charge >= 0.3 is 0 Å². The normalized spacial score (nSPS) is 17.5. The molecule has 0 spiro atoms. The summed E-state index contributed by atoms with van der Waals surface area (Å²) in [7, 11) is 0. The number of benzene rings is 1. The number of carbonyl (C=O) groups is 1. The monoisotopic (exact) mass is 425 g/mol. The molecule has 2 aliphatic rings. The van der Waals surface area contributed by atoms with Gasteiger partial charge in [-0.25, -0.2) is 9.37 Å². The predicted octanol–water partition coefficient (Wildman–Crippen LogP) is 3.05. The van der Waals surface area contributed by atoms with Crippen LogP contribution in [-0.4, -0.2) is 35.9 Å². The van der Waals surface area contributed by atoms with Crippen LogP contribution in [0.4, 0.5) is 4.39 Å². The highest BCUT2D eigenvalue weighted by Crippen LogP contribution is 2.35. The van der Waals surface area contributed by atoms with Gasteiger partial charge in [-0.2, -0.15) is 0 Å². The van der Waals surface area contributed by atoms with E-state index < -0.39 is 0 Å². The third-order valence-corrected chi connectivity index (χ3v) is 5.78. The first-order valence-electron chi connectivity index (χ1n) is 9.45. The molecule has 2 aromatic rings. The molecular formula is C22H20FN3O3S. The van der Waals surface area contributed by atoms with Gasteiger partial charge < -0.3 is 20.5 Å². The van der Waals surface area contributed by atoms with Crippen LogP contribution in [-0.2, 0) is 4.79 Å². The van der Waals surface area contributed by atoms with Gasteiger partial charge in [0.2, 0.25) is 5.91 Å². The van der Waals surface area contributed by atoms with E-state index >= 15 is 0 Å². The molecule has 0 bridgehead atoms. The molecule has 30 heavy (non-hydrogen) atoms. The summed E-state index contributed by atoms with van der Waals surface area (Å²) < 4.78 is 24.5. The molecule has 0 saturated heterocycles. The van der Waals surface area contributed by atoms with Crippen LogP contribution in [0.5, 0.6) is 11.5 Å². The number of thioether (sulfide) groups is 1. The van der Waals surface area contributed by atoms with Gasteiger partial charge in [0.15, 0.2) is 11.5 Å². The van der Waals surface area contributed by atoms with Crippen LogP contribution in [0.3, 0.4) is 0 Å². The first kappa shape index (κ1) is 20.1. The third kappa shape index (κ3) is 4.36. The Kier molecular flexibility index (Phi) is 5.81. The van der Waals surface area contributed by atoms with E-state index in [9.17, 15) is 9.18 Å². The Hall–Kier alpha value is -3.18. The van der Waals surface area contributed by atoms with Crippen molar-refractivity contribution in [1.82, 2.24) is 10.3 Å². The maximum absolute atomic E-state index is 13.3. The van der Waals surface area contributed by atoms with Crippen LogP contribution in [0.15, 0.2) is 46.8 Å². The molecule has 2 heterocycles. The first-order valence-corrected chi connectivity index (χ1v) is 10.4. The minimum absolute atomic E-state index is 0.151. The topological polar surface area (TPSA) is 86.5 Å². The Morgan fingerprint density at radius 1 is 1.33 bits per heavy atom. The Bertz CT molecular complexity index is 1130. The van der Waals surface area contributed by atoms with Crippen LogP contribution in [0.25, 0.3) is 10.9 Å². The van der Waals surface area contributed by atoms with Gasteiger partial charge in [-0.15, -0.1) is 0 Å². The highest BCUT2D eigenvalue weighted by atomic mass is 32.2. The number of amides is 1. The number of pyridine rings is 1. The standard InChI is InChI=1S/C22H20FN3O3S/c1-13-8-16(23)2-3-17(13)25-21(27)12-30-22-14(4-5-24)9-15-10-19-20(11-18(15)26-22)29-7-6-28-19/h2,8-11,17H,3,6-7,12,24H2,1H3,(H,25,27). The fraction of sp³-hybridized carbons (Fsp3) is 0.273. The number of nitrogens with one attached hydrogen (secondary N) is 1. The zero-order valence-corrected chi connectivity index (χ0v) is 17.1. The lowest BCUT2D eigenvalue weighted by atomic mass is 10.00. The van der Waals surface area contributed by atoms with Gasteiger partial charge in [0.25, 0.3) is 0 Å². The molecule has 8 heteroatoms. The number of ether oxygens (including phenoxy) is 2. The number of fused-ring (bicyclic) bond motifs is 2. The number of allylic oxidation sites excluding steroid dienone is 2. The number of carbonyl (C=O) groups excluding carboxylic acids is 1. The zero-order valence-electron chi connectivity index (χ0n) is 16.3. The second-order valence-corrected chi connectivity index (χ2v) is 7.88. The smallest absolute Gasteiger partial charge is 0.230 e. The lowest BCUT2D eigenvalue weighted by Gasteiger charge is -2.21. The van der Waals surface area contributed by atoms with Crippen molar-refractivity contribution in [2.24, 2.45) is 5.73 Å². The van der Waals surface area contributed by atoms with Gasteiger partial charge in [0.05, 0.1) is 22.9 Å². The number of hydrogen-bond donors (Lipinski definition) is 2. The number of aromatic nitrogens is 1. The van der Waals surface area contributed by atoms with Crippen molar-refractivity contribution in [1.29, 1.82) is 0 Å². The number of hydrogen-bond acceptors (Lipinski definition) is 6. The highest BCUT2D eigenvalue weighted by Gasteiger charge is 2.19. The lowest BCUT2D eigenvalue weighted by Crippen LogP contribution is -2.37. The van der Waals surface area contributed by atoms with E-state index in [-0.39, 0.29) is 23.5 Å². The highest BCUT2D eigenvalue weighted by molar-refractivity contribution is 8.00. The van der Waals surface area contributed by atoms with E-state index in [1.807, 2.05) is 18.2 Å². The van der Waals surface area contributed by atoms with E-state index in [0.717, 1.165) is 16.5 Å². The molecule has 0 saturated carbocycles. The van der Waals surface area contributed by atoms with E-state index in [0.29, 0.717) is 41.7 Å². The molecule has 1 amide bonds. The first-order chi connectivity index (χ1) is 14.5. The summed E-state index contributed by atoms with van der Waals surface area (Å²) in [6.45, 7) is 2.80. The Morgan fingerprint density at radius 3 is 2.83 bits per heavy atom. The summed E-state index contributed by atoms with van der Waals surface area (Å²) in [5.41, 5.74) is 7.57. The van der Waals surface area contributed by atoms with Crippen molar-refractivity contribution in [3.8, 4) is 23.5 Å². The average Bonchev–Trinajstić information content (AvgIpc) is 2.73. The number of nitrogens with two attached hydrogens (primary N) is 1. The minimum Gasteiger partial charge on any atom is -0.486 e. The molecule has 3 N–H and O–H groups in total. The van der Waals surface area contributed by atoms with E-state index in [1.54, 1.807) is 6.92 Å². The maximum Gasteiger partial charge on any atom is 0.230 e. The number of halogens is 1. The van der Waals surface area contributed by atoms with E-state index in [1.165, 1.54) is 23.9 Å². The van der Waals surface area contributed by atoms with Gasteiger partial charge in [-0.1, -0.05) is 11.8 Å². The second kappa shape index (κ2) is 8.67. The Labute approximate surface area is 177 Å². The maximum atomic E-state index is 13.3. The minimum atomic E-state index is -0.269. The molecule has 1 aliphatic heterocycles. The second-order valence-electron chi connectivity index (χ2n) is 6.92. The molecule has 6 nitrogen and oxygen atoms in total. The third-order valence-electron chi connectivity index (χ3n) is 4.79. The summed E-state index contributed by atoms with van der Waals surface area (Å²) in [6, 6.07) is 7.77. The molecule has 1 aliphatic carbocycles. The van der Waals surface area contributed by atoms with Crippen LogP contribution >= 0.6 is 11.8 Å². The van der Waals surface area contributed by atoms with E-state index in [4.69, 9.17) is 15.2 Å². The molecular weight excluding hydrogens is 405 g/mol. The predicted molar refractivity (Wildman–Crippen MR) is 114 cm³/mol. The van der Waals surface area contributed by atoms with Crippen LogP contribution in [0, 0.1) is 12.0 Å². The molecule has 1 aromatic carbocycles. The summed E-state index contributed by atoms with van der Waals surface area (Å²) in [5.74, 6) is 3.88. The quantitative estimate of drug-likeness (QED) is 0.445. The van der Waals surface area contributed by atoms with Crippen LogP contribution in [0.2, 0.25) is 0 Å². The molecule has 0 radical (unpaired) electrons. The van der Waals surface area contributed by atoms with Gasteiger partial charge in [0, 0.05) is 17.5 Å². The molecule has 1 unspecified atom stereocenters.